The molecule has 0 bridgehead atoms. The highest BCUT2D eigenvalue weighted by atomic mass is 32.1. The fraction of sp³-hybridized carbons (Fsp3) is 0.361. The molecule has 19 heteroatoms. The molecule has 1 saturated heterocycles. The van der Waals surface area contributed by atoms with E-state index in [2.05, 4.69) is 36.3 Å². The van der Waals surface area contributed by atoms with Crippen molar-refractivity contribution < 1.29 is 43.4 Å². The highest BCUT2D eigenvalue weighted by molar-refractivity contribution is 7.14. The van der Waals surface area contributed by atoms with Gasteiger partial charge in [-0.15, -0.1) is 11.3 Å². The molecule has 1 saturated carbocycles. The van der Waals surface area contributed by atoms with E-state index in [4.69, 9.17) is 14.3 Å². The van der Waals surface area contributed by atoms with E-state index in [1.807, 2.05) is 60.7 Å². The van der Waals surface area contributed by atoms with Crippen molar-refractivity contribution in [3.05, 3.63) is 94.3 Å². The zero-order chi connectivity index (χ0) is 38.9. The van der Waals surface area contributed by atoms with Gasteiger partial charge < -0.3 is 30.1 Å². The zero-order valence-electron chi connectivity index (χ0n) is 29.9. The highest BCUT2D eigenvalue weighted by Gasteiger charge is 2.56. The minimum Gasteiger partial charge on any atom is -0.465 e. The minimum atomic E-state index is -1.49. The lowest BCUT2D eigenvalue weighted by atomic mass is 9.98. The van der Waals surface area contributed by atoms with Crippen molar-refractivity contribution in [2.24, 2.45) is 5.16 Å². The number of thiazole rings is 1. The Morgan fingerprint density at radius 3 is 2.18 bits per heavy atom. The number of β-lactam (4-membered cyclic amide) rings is 1. The van der Waals surface area contributed by atoms with Crippen LogP contribution in [0.3, 0.4) is 0 Å². The third-order valence-corrected chi connectivity index (χ3v) is 9.56. The molecule has 18 nitrogen and oxygen atoms in total. The summed E-state index contributed by atoms with van der Waals surface area (Å²) in [6, 6.07) is 16.8. The normalized spacial score (nSPS) is 18.4. The van der Waals surface area contributed by atoms with Gasteiger partial charge in [0.2, 0.25) is 11.5 Å². The predicted octanol–water partition coefficient (Wildman–Crippen LogP) is 3.34. The van der Waals surface area contributed by atoms with Crippen LogP contribution in [-0.2, 0) is 48.3 Å². The Labute approximate surface area is 317 Å². The van der Waals surface area contributed by atoms with Gasteiger partial charge >= 0.3 is 18.2 Å². The molecular formula is C36H37N9O9S. The zero-order valence-corrected chi connectivity index (χ0v) is 30.7. The number of esters is 1. The SMILES string of the molecule is CC(C)(C)OC(=O)Nc1nc(/C(=N/OC2(C(=O)OC(c3ccccc3)c3ccccc3)CC2)C(=O)N[C@@H]2C(=O)N[C@@H]2Cn2nc3c(n2)CN(C(=O)O)C3)cs1. The molecule has 2 atom stereocenters. The summed E-state index contributed by atoms with van der Waals surface area (Å²) in [5.74, 6) is -2.00. The van der Waals surface area contributed by atoms with Crippen LogP contribution in [0.25, 0.3) is 0 Å². The largest absolute Gasteiger partial charge is 0.465 e. The van der Waals surface area contributed by atoms with E-state index >= 15 is 0 Å². The summed E-state index contributed by atoms with van der Waals surface area (Å²) >= 11 is 0.993. The average Bonchev–Trinajstić information content (AvgIpc) is 3.40. The van der Waals surface area contributed by atoms with Crippen LogP contribution in [0.2, 0.25) is 0 Å². The van der Waals surface area contributed by atoms with Crippen LogP contribution in [0.15, 0.2) is 71.2 Å². The third kappa shape index (κ3) is 8.40. The monoisotopic (exact) mass is 771 g/mol. The van der Waals surface area contributed by atoms with Gasteiger partial charge in [0.15, 0.2) is 16.9 Å². The number of carboxylic acid groups (broad SMARTS) is 1. The van der Waals surface area contributed by atoms with Gasteiger partial charge in [0, 0.05) is 18.2 Å². The van der Waals surface area contributed by atoms with Gasteiger partial charge in [-0.1, -0.05) is 65.8 Å². The topological polar surface area (TPSA) is 229 Å². The molecular weight excluding hydrogens is 735 g/mol. The fourth-order valence-corrected chi connectivity index (χ4v) is 6.54. The number of ether oxygens (including phenoxy) is 2. The number of rotatable bonds is 12. The Hall–Kier alpha value is -6.37. The number of aromatic nitrogens is 4. The number of hydrogen-bond donors (Lipinski definition) is 4. The standard InChI is InChI=1S/C36H37N9O9S/c1-35(2,3)53-33(49)40-32-38-25(19-55-32)27(30(47)39-26-24(37-29(26)46)18-45-41-22-16-44(34(50)51)17-23(22)42-45)43-54-36(14-15-36)31(48)52-28(20-10-6-4-7-11-20)21-12-8-5-9-13-21/h4-13,19,24,26,28H,14-18H2,1-3H3,(H,37,46)(H,39,47)(H,50,51)(H,38,40,49)/b43-27-/t24-,26+/m1/s1. The maximum atomic E-state index is 13.9. The number of benzene rings is 2. The summed E-state index contributed by atoms with van der Waals surface area (Å²) in [5.41, 5.74) is -0.120. The number of anilines is 1. The second kappa shape index (κ2) is 14.8. The maximum Gasteiger partial charge on any atom is 0.413 e. The van der Waals surface area contributed by atoms with E-state index in [0.29, 0.717) is 11.4 Å². The molecule has 55 heavy (non-hydrogen) atoms. The number of nitrogens with zero attached hydrogens (tertiary/aromatic N) is 6. The number of nitrogens with one attached hydrogen (secondary N) is 3. The van der Waals surface area contributed by atoms with Gasteiger partial charge in [-0.3, -0.25) is 19.8 Å². The molecule has 0 unspecified atom stereocenters. The van der Waals surface area contributed by atoms with Crippen molar-refractivity contribution in [1.29, 1.82) is 0 Å². The fourth-order valence-electron chi connectivity index (χ4n) is 5.85. The van der Waals surface area contributed by atoms with Gasteiger partial charge in [0.1, 0.15) is 28.7 Å². The minimum absolute atomic E-state index is 0.00592. The van der Waals surface area contributed by atoms with Crippen LogP contribution in [-0.4, -0.2) is 89.0 Å². The number of hydrogen-bond acceptors (Lipinski definition) is 13. The number of carbonyl (C=O) groups excluding carboxylic acids is 4. The molecule has 2 aromatic heterocycles. The molecule has 7 rings (SSSR count). The van der Waals surface area contributed by atoms with E-state index in [0.717, 1.165) is 22.5 Å². The number of amides is 4. The summed E-state index contributed by atoms with van der Waals surface area (Å²) in [4.78, 5) is 76.9. The van der Waals surface area contributed by atoms with E-state index in [9.17, 15) is 29.1 Å². The molecule has 3 aliphatic rings. The van der Waals surface area contributed by atoms with Crippen molar-refractivity contribution in [2.45, 2.75) is 82.6 Å². The first kappa shape index (κ1) is 37.0. The summed E-state index contributed by atoms with van der Waals surface area (Å²) in [7, 11) is 0. The molecule has 0 radical (unpaired) electrons. The molecule has 4 heterocycles. The van der Waals surface area contributed by atoms with Crippen LogP contribution in [0.5, 0.6) is 0 Å². The summed E-state index contributed by atoms with van der Waals surface area (Å²) < 4.78 is 11.4. The highest BCUT2D eigenvalue weighted by Crippen LogP contribution is 2.43. The van der Waals surface area contributed by atoms with Crippen LogP contribution in [0, 0.1) is 0 Å². The first-order valence-electron chi connectivity index (χ1n) is 17.3. The second-order valence-electron chi connectivity index (χ2n) is 14.2. The quantitative estimate of drug-likeness (QED) is 0.0704. The Morgan fingerprint density at radius 2 is 1.64 bits per heavy atom. The van der Waals surface area contributed by atoms with Gasteiger partial charge in [-0.2, -0.15) is 15.0 Å². The molecule has 1 aliphatic carbocycles. The summed E-state index contributed by atoms with van der Waals surface area (Å²) in [6.07, 6.45) is -2.05. The van der Waals surface area contributed by atoms with Gasteiger partial charge in [-0.05, 0) is 31.9 Å². The lowest BCUT2D eigenvalue weighted by molar-refractivity contribution is -0.164. The van der Waals surface area contributed by atoms with Crippen molar-refractivity contribution in [3.8, 4) is 0 Å². The first-order chi connectivity index (χ1) is 26.3. The predicted molar refractivity (Wildman–Crippen MR) is 194 cm³/mol. The van der Waals surface area contributed by atoms with E-state index in [-0.39, 0.29) is 49.0 Å². The van der Waals surface area contributed by atoms with Gasteiger partial charge in [0.25, 0.3) is 5.91 Å². The molecule has 2 aromatic carbocycles. The second-order valence-corrected chi connectivity index (χ2v) is 15.0. The number of oxime groups is 1. The summed E-state index contributed by atoms with van der Waals surface area (Å²) in [5, 5.41) is 31.6. The van der Waals surface area contributed by atoms with Crippen LogP contribution >= 0.6 is 11.3 Å². The van der Waals surface area contributed by atoms with Crippen LogP contribution in [0.1, 0.15) is 67.9 Å². The number of fused-ring (bicyclic) bond motifs is 1. The molecule has 4 amide bonds. The van der Waals surface area contributed by atoms with Crippen LogP contribution < -0.4 is 16.0 Å². The van der Waals surface area contributed by atoms with Gasteiger partial charge in [-0.25, -0.2) is 19.4 Å². The number of carbonyl (C=O) groups is 5. The van der Waals surface area contributed by atoms with Crippen molar-refractivity contribution in [3.63, 3.8) is 0 Å². The van der Waals surface area contributed by atoms with Crippen molar-refractivity contribution in [1.82, 2.24) is 35.5 Å². The smallest absolute Gasteiger partial charge is 0.413 e. The molecule has 2 fully saturated rings. The summed E-state index contributed by atoms with van der Waals surface area (Å²) in [6.45, 7) is 5.39. The lowest BCUT2D eigenvalue weighted by Gasteiger charge is -2.36. The van der Waals surface area contributed by atoms with Crippen molar-refractivity contribution in [2.75, 3.05) is 5.32 Å². The molecule has 4 N–H and O–H groups in total. The molecule has 2 aliphatic heterocycles. The van der Waals surface area contributed by atoms with Crippen LogP contribution in [0.4, 0.5) is 14.7 Å². The Balaban J connectivity index is 1.09. The average molecular weight is 772 g/mol. The van der Waals surface area contributed by atoms with E-state index in [1.165, 1.54) is 15.1 Å². The lowest BCUT2D eigenvalue weighted by Crippen LogP contribution is -2.70. The van der Waals surface area contributed by atoms with Gasteiger partial charge in [0.05, 0.1) is 25.7 Å². The maximum absolute atomic E-state index is 13.9. The third-order valence-electron chi connectivity index (χ3n) is 8.80. The first-order valence-corrected chi connectivity index (χ1v) is 18.2. The Bertz CT molecular complexity index is 2080. The molecule has 286 valence electrons. The Kier molecular flexibility index (Phi) is 9.95. The molecule has 4 aromatic rings. The van der Waals surface area contributed by atoms with E-state index in [1.54, 1.807) is 20.8 Å². The van der Waals surface area contributed by atoms with Crippen molar-refractivity contribution >= 4 is 52.2 Å². The molecule has 0 spiro atoms. The van der Waals surface area contributed by atoms with E-state index < -0.39 is 59.4 Å². The Morgan fingerprint density at radius 1 is 1.02 bits per heavy atom.